The maximum atomic E-state index is 12.2. The fourth-order valence-corrected chi connectivity index (χ4v) is 3.37. The lowest BCUT2D eigenvalue weighted by molar-refractivity contribution is -0.117. The molecule has 2 heterocycles. The second kappa shape index (κ2) is 9.23. The second-order valence-corrected chi connectivity index (χ2v) is 7.26. The fourth-order valence-electron chi connectivity index (χ4n) is 2.73. The van der Waals surface area contributed by atoms with E-state index in [2.05, 4.69) is 15.5 Å². The molecule has 2 N–H and O–H groups in total. The van der Waals surface area contributed by atoms with Crippen molar-refractivity contribution in [1.82, 2.24) is 15.5 Å². The first-order chi connectivity index (χ1) is 15.1. The minimum absolute atomic E-state index is 0.0789. The Hall–Kier alpha value is -3.97. The van der Waals surface area contributed by atoms with E-state index in [9.17, 15) is 15.2 Å². The first kappa shape index (κ1) is 20.3. The number of benzene rings is 2. The predicted octanol–water partition coefficient (Wildman–Crippen LogP) is 3.21. The van der Waals surface area contributed by atoms with Crippen LogP contribution in [0, 0.1) is 11.3 Å². The molecule has 0 atom stereocenters. The van der Waals surface area contributed by atoms with Crippen molar-refractivity contribution in [3.63, 3.8) is 0 Å². The lowest BCUT2D eigenvalue weighted by atomic mass is 10.2. The number of carbonyl (C=O) groups is 1. The SMILES string of the molecule is N#C/C(C(=O)NCc1ccccc1)=C(/O)CSc1nnc(-c2ccc3c(c2)OCO3)o1. The van der Waals surface area contributed by atoms with Gasteiger partial charge in [0.05, 0.1) is 5.75 Å². The second-order valence-electron chi connectivity index (χ2n) is 6.33. The highest BCUT2D eigenvalue weighted by atomic mass is 32.2. The van der Waals surface area contributed by atoms with Crippen LogP contribution in [0.3, 0.4) is 0 Å². The third kappa shape index (κ3) is 4.79. The van der Waals surface area contributed by atoms with E-state index in [0.29, 0.717) is 17.1 Å². The summed E-state index contributed by atoms with van der Waals surface area (Å²) in [7, 11) is 0. The van der Waals surface area contributed by atoms with Crippen LogP contribution in [0.25, 0.3) is 11.5 Å². The van der Waals surface area contributed by atoms with Gasteiger partial charge >= 0.3 is 0 Å². The summed E-state index contributed by atoms with van der Waals surface area (Å²) in [6.07, 6.45) is 0. The van der Waals surface area contributed by atoms with Gasteiger partial charge in [0.25, 0.3) is 11.1 Å². The first-order valence-electron chi connectivity index (χ1n) is 9.14. The first-order valence-corrected chi connectivity index (χ1v) is 10.1. The third-order valence-corrected chi connectivity index (χ3v) is 5.11. The van der Waals surface area contributed by atoms with E-state index in [1.165, 1.54) is 0 Å². The molecule has 1 amide bonds. The average molecular weight is 436 g/mol. The Kier molecular flexibility index (Phi) is 6.05. The normalized spacial score (nSPS) is 12.7. The average Bonchev–Trinajstić information content (AvgIpc) is 3.46. The number of aliphatic hydroxyl groups is 1. The zero-order valence-corrected chi connectivity index (χ0v) is 16.9. The van der Waals surface area contributed by atoms with Crippen molar-refractivity contribution in [2.75, 3.05) is 12.5 Å². The molecule has 4 rings (SSSR count). The number of rotatable bonds is 7. The van der Waals surface area contributed by atoms with Crippen molar-refractivity contribution in [1.29, 1.82) is 5.26 Å². The molecule has 10 heteroatoms. The molecule has 31 heavy (non-hydrogen) atoms. The summed E-state index contributed by atoms with van der Waals surface area (Å²) in [4.78, 5) is 12.2. The van der Waals surface area contributed by atoms with E-state index >= 15 is 0 Å². The molecule has 0 spiro atoms. The number of aliphatic hydroxyl groups excluding tert-OH is 1. The van der Waals surface area contributed by atoms with Crippen LogP contribution < -0.4 is 14.8 Å². The molecule has 1 aliphatic heterocycles. The summed E-state index contributed by atoms with van der Waals surface area (Å²) in [6.45, 7) is 0.406. The highest BCUT2D eigenvalue weighted by Gasteiger charge is 2.19. The van der Waals surface area contributed by atoms with Gasteiger partial charge in [0.15, 0.2) is 17.1 Å². The van der Waals surface area contributed by atoms with Gasteiger partial charge in [-0.3, -0.25) is 4.79 Å². The minimum Gasteiger partial charge on any atom is -0.510 e. The topological polar surface area (TPSA) is 130 Å². The Morgan fingerprint density at radius 1 is 1.16 bits per heavy atom. The van der Waals surface area contributed by atoms with Crippen molar-refractivity contribution in [2.45, 2.75) is 11.8 Å². The molecule has 0 fully saturated rings. The van der Waals surface area contributed by atoms with Gasteiger partial charge in [-0.1, -0.05) is 42.1 Å². The van der Waals surface area contributed by atoms with Crippen LogP contribution in [-0.4, -0.2) is 33.8 Å². The number of amides is 1. The third-order valence-electron chi connectivity index (χ3n) is 4.28. The van der Waals surface area contributed by atoms with Gasteiger partial charge in [-0.15, -0.1) is 10.2 Å². The van der Waals surface area contributed by atoms with E-state index in [1.54, 1.807) is 24.3 Å². The standard InChI is InChI=1S/C21H16N4O5S/c22-9-15(19(27)23-10-13-4-2-1-3-5-13)16(26)11-31-21-25-24-20(30-21)14-6-7-17-18(8-14)29-12-28-17/h1-8,26H,10-12H2,(H,23,27)/b16-15-. The number of nitriles is 1. The summed E-state index contributed by atoms with van der Waals surface area (Å²) in [6, 6.07) is 16.2. The van der Waals surface area contributed by atoms with Crippen LogP contribution in [0.15, 0.2) is 69.5 Å². The van der Waals surface area contributed by atoms with Gasteiger partial charge in [0.2, 0.25) is 12.7 Å². The Morgan fingerprint density at radius 3 is 2.77 bits per heavy atom. The van der Waals surface area contributed by atoms with Gasteiger partial charge in [0.1, 0.15) is 11.8 Å². The number of ether oxygens (including phenoxy) is 2. The van der Waals surface area contributed by atoms with Crippen molar-refractivity contribution in [3.8, 4) is 29.0 Å². The van der Waals surface area contributed by atoms with E-state index in [0.717, 1.165) is 17.3 Å². The number of nitrogens with zero attached hydrogens (tertiary/aromatic N) is 3. The Bertz CT molecular complexity index is 1170. The van der Waals surface area contributed by atoms with Crippen LogP contribution in [0.1, 0.15) is 5.56 Å². The Balaban J connectivity index is 1.38. The fraction of sp³-hybridized carbons (Fsp3) is 0.143. The Labute approximate surface area is 181 Å². The summed E-state index contributed by atoms with van der Waals surface area (Å²) in [5.74, 6) is 0.389. The van der Waals surface area contributed by atoms with E-state index in [-0.39, 0.29) is 41.5 Å². The quantitative estimate of drug-likeness (QED) is 0.248. The highest BCUT2D eigenvalue weighted by Crippen LogP contribution is 2.36. The lowest BCUT2D eigenvalue weighted by Crippen LogP contribution is -2.25. The molecule has 9 nitrogen and oxygen atoms in total. The maximum absolute atomic E-state index is 12.2. The van der Waals surface area contributed by atoms with E-state index in [1.807, 2.05) is 30.3 Å². The Morgan fingerprint density at radius 2 is 1.97 bits per heavy atom. The predicted molar refractivity (Wildman–Crippen MR) is 110 cm³/mol. The number of hydrogen-bond donors (Lipinski definition) is 2. The van der Waals surface area contributed by atoms with Crippen LogP contribution in [0.2, 0.25) is 0 Å². The lowest BCUT2D eigenvalue weighted by Gasteiger charge is -2.06. The molecule has 0 aliphatic carbocycles. The zero-order chi connectivity index (χ0) is 21.6. The highest BCUT2D eigenvalue weighted by molar-refractivity contribution is 7.99. The summed E-state index contributed by atoms with van der Waals surface area (Å²) < 4.78 is 16.2. The number of fused-ring (bicyclic) bond motifs is 1. The van der Waals surface area contributed by atoms with Gasteiger partial charge in [-0.05, 0) is 23.8 Å². The smallest absolute Gasteiger partial charge is 0.277 e. The molecule has 1 aromatic heterocycles. The molecule has 0 unspecified atom stereocenters. The van der Waals surface area contributed by atoms with Crippen LogP contribution in [0.5, 0.6) is 11.5 Å². The van der Waals surface area contributed by atoms with Crippen molar-refractivity contribution >= 4 is 17.7 Å². The largest absolute Gasteiger partial charge is 0.510 e. The maximum Gasteiger partial charge on any atom is 0.277 e. The molecule has 3 aromatic rings. The minimum atomic E-state index is -0.656. The zero-order valence-electron chi connectivity index (χ0n) is 16.1. The number of aromatic nitrogens is 2. The molecule has 0 saturated carbocycles. The van der Waals surface area contributed by atoms with Gasteiger partial charge in [0, 0.05) is 12.1 Å². The van der Waals surface area contributed by atoms with Gasteiger partial charge in [-0.2, -0.15) is 5.26 Å². The molecular formula is C21H16N4O5S. The summed E-state index contributed by atoms with van der Waals surface area (Å²) in [5, 5.41) is 30.2. The molecule has 0 bridgehead atoms. The van der Waals surface area contributed by atoms with Crippen LogP contribution in [0.4, 0.5) is 0 Å². The van der Waals surface area contributed by atoms with E-state index in [4.69, 9.17) is 13.9 Å². The van der Waals surface area contributed by atoms with Crippen molar-refractivity contribution in [2.24, 2.45) is 0 Å². The van der Waals surface area contributed by atoms with Gasteiger partial charge in [-0.25, -0.2) is 0 Å². The molecule has 1 aliphatic rings. The number of thioether (sulfide) groups is 1. The molecule has 2 aromatic carbocycles. The van der Waals surface area contributed by atoms with Crippen molar-refractivity contribution in [3.05, 3.63) is 65.4 Å². The molecule has 0 radical (unpaired) electrons. The molecular weight excluding hydrogens is 420 g/mol. The van der Waals surface area contributed by atoms with E-state index < -0.39 is 5.91 Å². The number of nitrogens with one attached hydrogen (secondary N) is 1. The number of hydrogen-bond acceptors (Lipinski definition) is 9. The summed E-state index contributed by atoms with van der Waals surface area (Å²) >= 11 is 1.01. The monoisotopic (exact) mass is 436 g/mol. The van der Waals surface area contributed by atoms with Crippen LogP contribution >= 0.6 is 11.8 Å². The number of carbonyl (C=O) groups excluding carboxylic acids is 1. The van der Waals surface area contributed by atoms with Crippen LogP contribution in [-0.2, 0) is 11.3 Å². The van der Waals surface area contributed by atoms with Gasteiger partial charge < -0.3 is 24.3 Å². The summed E-state index contributed by atoms with van der Waals surface area (Å²) in [5.41, 5.74) is 1.17. The molecule has 0 saturated heterocycles. The van der Waals surface area contributed by atoms with Crippen molar-refractivity contribution < 1.29 is 23.8 Å². The molecule has 156 valence electrons.